The normalized spacial score (nSPS) is 11.8. The molecule has 0 saturated heterocycles. The molecule has 0 spiro atoms. The van der Waals surface area contributed by atoms with Gasteiger partial charge in [-0.25, -0.2) is 8.78 Å². The van der Waals surface area contributed by atoms with Crippen molar-refractivity contribution in [2.45, 2.75) is 25.9 Å². The number of halogens is 2. The molecule has 0 bridgehead atoms. The lowest BCUT2D eigenvalue weighted by atomic mass is 10.1. The summed E-state index contributed by atoms with van der Waals surface area (Å²) >= 11 is 0. The van der Waals surface area contributed by atoms with E-state index in [0.717, 1.165) is 6.07 Å². The minimum absolute atomic E-state index is 0.270. The first-order chi connectivity index (χ1) is 7.46. The van der Waals surface area contributed by atoms with E-state index in [0.29, 0.717) is 12.2 Å². The fourth-order valence-corrected chi connectivity index (χ4v) is 1.43. The van der Waals surface area contributed by atoms with Gasteiger partial charge in [0.05, 0.1) is 6.61 Å². The summed E-state index contributed by atoms with van der Waals surface area (Å²) in [6, 6.07) is 4.17. The van der Waals surface area contributed by atoms with Crippen molar-refractivity contribution in [1.29, 1.82) is 0 Å². The van der Waals surface area contributed by atoms with E-state index in [1.807, 2.05) is 13.8 Å². The van der Waals surface area contributed by atoms with E-state index < -0.39 is 11.6 Å². The van der Waals surface area contributed by atoms with Gasteiger partial charge in [-0.2, -0.15) is 0 Å². The number of ether oxygens (including phenoxy) is 1. The summed E-state index contributed by atoms with van der Waals surface area (Å²) < 4.78 is 31.3. The summed E-state index contributed by atoms with van der Waals surface area (Å²) in [6.45, 7) is 4.66. The highest BCUT2D eigenvalue weighted by Crippen LogP contribution is 2.12. The van der Waals surface area contributed by atoms with Crippen LogP contribution in [0.4, 0.5) is 8.78 Å². The summed E-state index contributed by atoms with van der Waals surface area (Å²) in [6.07, 6.45) is 0. The molecule has 0 atom stereocenters. The highest BCUT2D eigenvalue weighted by Gasteiger charge is 2.17. The maximum atomic E-state index is 13.3. The maximum absolute atomic E-state index is 13.3. The molecule has 0 saturated carbocycles. The van der Waals surface area contributed by atoms with Crippen LogP contribution in [0.25, 0.3) is 0 Å². The average Bonchev–Trinajstić information content (AvgIpc) is 2.20. The first kappa shape index (κ1) is 13.1. The lowest BCUT2D eigenvalue weighted by Crippen LogP contribution is -2.42. The second-order valence-corrected chi connectivity index (χ2v) is 4.38. The Morgan fingerprint density at radius 2 is 2.00 bits per heavy atom. The SMILES string of the molecule is COCC(C)(C)NCc1cccc(F)c1F. The van der Waals surface area contributed by atoms with Gasteiger partial charge in [-0.05, 0) is 19.9 Å². The van der Waals surface area contributed by atoms with Gasteiger partial charge in [0.1, 0.15) is 0 Å². The minimum atomic E-state index is -0.816. The molecule has 2 nitrogen and oxygen atoms in total. The number of methoxy groups -OCH3 is 1. The zero-order chi connectivity index (χ0) is 12.2. The van der Waals surface area contributed by atoms with Gasteiger partial charge in [-0.15, -0.1) is 0 Å². The number of nitrogens with one attached hydrogen (secondary N) is 1. The molecule has 0 heterocycles. The van der Waals surface area contributed by atoms with Gasteiger partial charge < -0.3 is 10.1 Å². The largest absolute Gasteiger partial charge is 0.383 e. The second-order valence-electron chi connectivity index (χ2n) is 4.38. The summed E-state index contributed by atoms with van der Waals surface area (Å²) in [4.78, 5) is 0. The molecule has 0 aliphatic rings. The molecule has 1 N–H and O–H groups in total. The molecule has 1 aromatic carbocycles. The van der Waals surface area contributed by atoms with Crippen molar-refractivity contribution < 1.29 is 13.5 Å². The molecule has 0 radical (unpaired) electrons. The van der Waals surface area contributed by atoms with Crippen LogP contribution < -0.4 is 5.32 Å². The summed E-state index contributed by atoms with van der Waals surface area (Å²) in [5.41, 5.74) is 0.0530. The Labute approximate surface area is 94.6 Å². The number of benzene rings is 1. The molecule has 1 rings (SSSR count). The zero-order valence-electron chi connectivity index (χ0n) is 9.81. The Morgan fingerprint density at radius 1 is 1.31 bits per heavy atom. The molecular formula is C12H17F2NO. The number of hydrogen-bond acceptors (Lipinski definition) is 2. The molecule has 0 aliphatic carbocycles. The first-order valence-corrected chi connectivity index (χ1v) is 5.13. The molecular weight excluding hydrogens is 212 g/mol. The fraction of sp³-hybridized carbons (Fsp3) is 0.500. The Kier molecular flexibility index (Phi) is 4.38. The Hall–Kier alpha value is -1.00. The van der Waals surface area contributed by atoms with Crippen LogP contribution in [0.3, 0.4) is 0 Å². The van der Waals surface area contributed by atoms with Crippen molar-refractivity contribution in [3.8, 4) is 0 Å². The van der Waals surface area contributed by atoms with Crippen molar-refractivity contribution in [3.63, 3.8) is 0 Å². The van der Waals surface area contributed by atoms with E-state index in [9.17, 15) is 8.78 Å². The van der Waals surface area contributed by atoms with Gasteiger partial charge in [-0.1, -0.05) is 12.1 Å². The van der Waals surface area contributed by atoms with E-state index >= 15 is 0 Å². The van der Waals surface area contributed by atoms with Crippen LogP contribution in [0.15, 0.2) is 18.2 Å². The van der Waals surface area contributed by atoms with E-state index in [1.54, 1.807) is 13.2 Å². The minimum Gasteiger partial charge on any atom is -0.383 e. The highest BCUT2D eigenvalue weighted by molar-refractivity contribution is 5.18. The molecule has 90 valence electrons. The van der Waals surface area contributed by atoms with Crippen molar-refractivity contribution in [2.75, 3.05) is 13.7 Å². The van der Waals surface area contributed by atoms with Gasteiger partial charge in [0.25, 0.3) is 0 Å². The van der Waals surface area contributed by atoms with E-state index in [4.69, 9.17) is 4.74 Å². The quantitative estimate of drug-likeness (QED) is 0.837. The molecule has 0 aromatic heterocycles. The third kappa shape index (κ3) is 3.54. The summed E-state index contributed by atoms with van der Waals surface area (Å²) in [5, 5.41) is 3.11. The number of hydrogen-bond donors (Lipinski definition) is 1. The van der Waals surface area contributed by atoms with Crippen LogP contribution in [0.5, 0.6) is 0 Å². The third-order valence-corrected chi connectivity index (χ3v) is 2.29. The summed E-state index contributed by atoms with van der Waals surface area (Å²) in [7, 11) is 1.60. The van der Waals surface area contributed by atoms with Crippen molar-refractivity contribution >= 4 is 0 Å². The van der Waals surface area contributed by atoms with Crippen molar-refractivity contribution in [1.82, 2.24) is 5.32 Å². The molecule has 0 aliphatic heterocycles. The van der Waals surface area contributed by atoms with Gasteiger partial charge >= 0.3 is 0 Å². The van der Waals surface area contributed by atoms with Crippen LogP contribution in [-0.2, 0) is 11.3 Å². The maximum Gasteiger partial charge on any atom is 0.163 e. The predicted octanol–water partition coefficient (Wildman–Crippen LogP) is 2.48. The Morgan fingerprint density at radius 3 is 2.62 bits per heavy atom. The average molecular weight is 229 g/mol. The molecule has 0 fully saturated rings. The highest BCUT2D eigenvalue weighted by atomic mass is 19.2. The zero-order valence-corrected chi connectivity index (χ0v) is 9.81. The van der Waals surface area contributed by atoms with E-state index in [2.05, 4.69) is 5.32 Å². The third-order valence-electron chi connectivity index (χ3n) is 2.29. The van der Waals surface area contributed by atoms with Crippen LogP contribution in [0.1, 0.15) is 19.4 Å². The molecule has 0 unspecified atom stereocenters. The van der Waals surface area contributed by atoms with Crippen molar-refractivity contribution in [2.24, 2.45) is 0 Å². The van der Waals surface area contributed by atoms with Crippen LogP contribution >= 0.6 is 0 Å². The molecule has 1 aromatic rings. The first-order valence-electron chi connectivity index (χ1n) is 5.13. The molecule has 16 heavy (non-hydrogen) atoms. The predicted molar refractivity (Wildman–Crippen MR) is 59.2 cm³/mol. The lowest BCUT2D eigenvalue weighted by Gasteiger charge is -2.25. The molecule has 4 heteroatoms. The molecule has 0 amide bonds. The lowest BCUT2D eigenvalue weighted by molar-refractivity contribution is 0.127. The van der Waals surface area contributed by atoms with Gasteiger partial charge in [0, 0.05) is 24.8 Å². The van der Waals surface area contributed by atoms with Gasteiger partial charge in [-0.3, -0.25) is 0 Å². The van der Waals surface area contributed by atoms with Gasteiger partial charge in [0.15, 0.2) is 11.6 Å². The fourth-order valence-electron chi connectivity index (χ4n) is 1.43. The standard InChI is InChI=1S/C12H17F2NO/c1-12(2,8-16-3)15-7-9-5-4-6-10(13)11(9)14/h4-6,15H,7-8H2,1-3H3. The monoisotopic (exact) mass is 229 g/mol. The Balaban J connectivity index is 2.64. The summed E-state index contributed by atoms with van der Waals surface area (Å²) in [5.74, 6) is -1.60. The topological polar surface area (TPSA) is 21.3 Å². The van der Waals surface area contributed by atoms with E-state index in [1.165, 1.54) is 6.07 Å². The Bertz CT molecular complexity index is 353. The van der Waals surface area contributed by atoms with Crippen LogP contribution in [0.2, 0.25) is 0 Å². The van der Waals surface area contributed by atoms with Crippen molar-refractivity contribution in [3.05, 3.63) is 35.4 Å². The van der Waals surface area contributed by atoms with Crippen LogP contribution in [0, 0.1) is 11.6 Å². The van der Waals surface area contributed by atoms with Gasteiger partial charge in [0.2, 0.25) is 0 Å². The van der Waals surface area contributed by atoms with E-state index in [-0.39, 0.29) is 12.1 Å². The number of rotatable bonds is 5. The van der Waals surface area contributed by atoms with Crippen LogP contribution in [-0.4, -0.2) is 19.3 Å². The smallest absolute Gasteiger partial charge is 0.163 e. The second kappa shape index (κ2) is 5.37.